The summed E-state index contributed by atoms with van der Waals surface area (Å²) in [5, 5.41) is 4.55. The maximum absolute atomic E-state index is 5.36. The molecule has 1 aromatic carbocycles. The van der Waals surface area contributed by atoms with Crippen molar-refractivity contribution in [1.82, 2.24) is 10.3 Å². The van der Waals surface area contributed by atoms with Gasteiger partial charge in [0.25, 0.3) is 0 Å². The lowest BCUT2D eigenvalue weighted by atomic mass is 10.2. The number of hydrogen-bond acceptors (Lipinski definition) is 4. The molecule has 0 saturated carbocycles. The molecule has 0 aliphatic rings. The highest BCUT2D eigenvalue weighted by Crippen LogP contribution is 2.23. The molecule has 0 spiro atoms. The second-order valence-electron chi connectivity index (χ2n) is 4.78. The maximum atomic E-state index is 5.36. The van der Waals surface area contributed by atoms with Crippen molar-refractivity contribution >= 4 is 10.9 Å². The van der Waals surface area contributed by atoms with Gasteiger partial charge < -0.3 is 14.8 Å². The number of rotatable bonds is 7. The van der Waals surface area contributed by atoms with Crippen LogP contribution in [0.2, 0.25) is 0 Å². The molecule has 4 nitrogen and oxygen atoms in total. The van der Waals surface area contributed by atoms with Crippen LogP contribution >= 0.6 is 0 Å². The van der Waals surface area contributed by atoms with Crippen molar-refractivity contribution in [2.75, 3.05) is 20.8 Å². The number of ether oxygens (including phenoxy) is 2. The number of methoxy groups -OCH3 is 2. The molecule has 2 rings (SSSR count). The number of nitrogens with one attached hydrogen (secondary N) is 1. The number of hydrogen-bond donors (Lipinski definition) is 1. The fraction of sp³-hybridized carbons (Fsp3) is 0.438. The molecular weight excluding hydrogens is 252 g/mol. The Balaban J connectivity index is 2.15. The van der Waals surface area contributed by atoms with Gasteiger partial charge in [-0.3, -0.25) is 0 Å². The summed E-state index contributed by atoms with van der Waals surface area (Å²) < 4.78 is 10.6. The normalized spacial score (nSPS) is 12.6. The van der Waals surface area contributed by atoms with E-state index in [1.165, 1.54) is 0 Å². The van der Waals surface area contributed by atoms with Gasteiger partial charge in [-0.25, -0.2) is 4.98 Å². The third-order valence-electron chi connectivity index (χ3n) is 3.39. The summed E-state index contributed by atoms with van der Waals surface area (Å²) in [7, 11) is 3.40. The minimum absolute atomic E-state index is 0.357. The van der Waals surface area contributed by atoms with Gasteiger partial charge in [0, 0.05) is 25.1 Å². The third-order valence-corrected chi connectivity index (χ3v) is 3.39. The van der Waals surface area contributed by atoms with E-state index in [-0.39, 0.29) is 0 Å². The molecule has 0 bridgehead atoms. The molecule has 0 aliphatic heterocycles. The third kappa shape index (κ3) is 3.46. The molecule has 0 saturated heterocycles. The minimum Gasteiger partial charge on any atom is -0.494 e. The Labute approximate surface area is 120 Å². The fourth-order valence-corrected chi connectivity index (χ4v) is 2.19. The van der Waals surface area contributed by atoms with Gasteiger partial charge in [0.1, 0.15) is 11.3 Å². The zero-order valence-corrected chi connectivity index (χ0v) is 12.3. The molecule has 1 N–H and O–H groups in total. The minimum atomic E-state index is 0.357. The first-order chi connectivity index (χ1) is 9.78. The van der Waals surface area contributed by atoms with Crippen LogP contribution in [0.1, 0.15) is 19.0 Å². The van der Waals surface area contributed by atoms with Crippen LogP contribution in [0.15, 0.2) is 30.3 Å². The van der Waals surface area contributed by atoms with Crippen molar-refractivity contribution in [2.24, 2.45) is 0 Å². The van der Waals surface area contributed by atoms with Gasteiger partial charge in [0.05, 0.1) is 19.4 Å². The molecule has 0 amide bonds. The van der Waals surface area contributed by atoms with Crippen LogP contribution < -0.4 is 10.1 Å². The second-order valence-corrected chi connectivity index (χ2v) is 4.78. The fourth-order valence-electron chi connectivity index (χ4n) is 2.19. The average Bonchev–Trinajstić information content (AvgIpc) is 2.50. The standard InChI is InChI=1S/C16H22N2O2/c1-4-13(11-19-2)17-10-14-9-8-12-6-5-7-15(20-3)16(12)18-14/h5-9,13,17H,4,10-11H2,1-3H3. The van der Waals surface area contributed by atoms with Gasteiger partial charge >= 0.3 is 0 Å². The molecule has 0 fully saturated rings. The molecule has 4 heteroatoms. The zero-order valence-electron chi connectivity index (χ0n) is 12.3. The number of benzene rings is 1. The van der Waals surface area contributed by atoms with Crippen LogP contribution in [0.5, 0.6) is 5.75 Å². The van der Waals surface area contributed by atoms with Gasteiger partial charge in [0.15, 0.2) is 0 Å². The van der Waals surface area contributed by atoms with Crippen LogP contribution in [0.3, 0.4) is 0 Å². The van der Waals surface area contributed by atoms with Crippen molar-refractivity contribution < 1.29 is 9.47 Å². The molecule has 2 aromatic rings. The van der Waals surface area contributed by atoms with E-state index in [0.29, 0.717) is 12.6 Å². The van der Waals surface area contributed by atoms with Crippen molar-refractivity contribution in [3.63, 3.8) is 0 Å². The number of nitrogens with zero attached hydrogens (tertiary/aromatic N) is 1. The van der Waals surface area contributed by atoms with Crippen LogP contribution in [0, 0.1) is 0 Å². The highest BCUT2D eigenvalue weighted by Gasteiger charge is 2.07. The van der Waals surface area contributed by atoms with E-state index in [9.17, 15) is 0 Å². The van der Waals surface area contributed by atoms with E-state index < -0.39 is 0 Å². The van der Waals surface area contributed by atoms with Gasteiger partial charge in [-0.15, -0.1) is 0 Å². The number of para-hydroxylation sites is 1. The van der Waals surface area contributed by atoms with Crippen molar-refractivity contribution in [1.29, 1.82) is 0 Å². The summed E-state index contributed by atoms with van der Waals surface area (Å²) in [4.78, 5) is 4.68. The lowest BCUT2D eigenvalue weighted by Gasteiger charge is -2.15. The van der Waals surface area contributed by atoms with E-state index >= 15 is 0 Å². The molecular formula is C16H22N2O2. The molecule has 0 radical (unpaired) electrons. The quantitative estimate of drug-likeness (QED) is 0.843. The highest BCUT2D eigenvalue weighted by molar-refractivity contribution is 5.84. The molecule has 1 unspecified atom stereocenters. The van der Waals surface area contributed by atoms with E-state index in [2.05, 4.69) is 23.3 Å². The second kappa shape index (κ2) is 7.22. The van der Waals surface area contributed by atoms with Gasteiger partial charge in [-0.05, 0) is 18.6 Å². The Bertz CT molecular complexity index is 557. The predicted molar refractivity (Wildman–Crippen MR) is 81.1 cm³/mol. The monoisotopic (exact) mass is 274 g/mol. The topological polar surface area (TPSA) is 43.4 Å². The molecule has 1 atom stereocenters. The zero-order chi connectivity index (χ0) is 14.4. The molecule has 0 aliphatic carbocycles. The van der Waals surface area contributed by atoms with Crippen LogP contribution in [0.4, 0.5) is 0 Å². The van der Waals surface area contributed by atoms with Crippen molar-refractivity contribution in [2.45, 2.75) is 25.9 Å². The van der Waals surface area contributed by atoms with Crippen molar-refractivity contribution in [3.8, 4) is 5.75 Å². The smallest absolute Gasteiger partial charge is 0.145 e. The van der Waals surface area contributed by atoms with Gasteiger partial charge in [-0.2, -0.15) is 0 Å². The highest BCUT2D eigenvalue weighted by atomic mass is 16.5. The Hall–Kier alpha value is -1.65. The first kappa shape index (κ1) is 14.8. The lowest BCUT2D eigenvalue weighted by molar-refractivity contribution is 0.163. The molecule has 1 aromatic heterocycles. The largest absolute Gasteiger partial charge is 0.494 e. The lowest BCUT2D eigenvalue weighted by Crippen LogP contribution is -2.32. The first-order valence-electron chi connectivity index (χ1n) is 6.93. The molecule has 1 heterocycles. The van der Waals surface area contributed by atoms with E-state index in [1.54, 1.807) is 14.2 Å². The number of pyridine rings is 1. The summed E-state index contributed by atoms with van der Waals surface area (Å²) in [5.74, 6) is 0.813. The van der Waals surface area contributed by atoms with Crippen molar-refractivity contribution in [3.05, 3.63) is 36.0 Å². The summed E-state index contributed by atoms with van der Waals surface area (Å²) in [6.07, 6.45) is 1.03. The summed E-state index contributed by atoms with van der Waals surface area (Å²) in [6.45, 7) is 3.59. The number of fused-ring (bicyclic) bond motifs is 1. The van der Waals surface area contributed by atoms with Crippen LogP contribution in [-0.2, 0) is 11.3 Å². The molecule has 20 heavy (non-hydrogen) atoms. The van der Waals surface area contributed by atoms with E-state index in [1.807, 2.05) is 24.3 Å². The predicted octanol–water partition coefficient (Wildman–Crippen LogP) is 2.76. The Morgan fingerprint density at radius 1 is 1.20 bits per heavy atom. The summed E-state index contributed by atoms with van der Waals surface area (Å²) in [5.41, 5.74) is 1.92. The summed E-state index contributed by atoms with van der Waals surface area (Å²) in [6, 6.07) is 10.4. The first-order valence-corrected chi connectivity index (χ1v) is 6.93. The van der Waals surface area contributed by atoms with Crippen LogP contribution in [0.25, 0.3) is 10.9 Å². The summed E-state index contributed by atoms with van der Waals surface area (Å²) >= 11 is 0. The number of aromatic nitrogens is 1. The van der Waals surface area contributed by atoms with E-state index in [4.69, 9.17) is 9.47 Å². The van der Waals surface area contributed by atoms with Crippen LogP contribution in [-0.4, -0.2) is 31.9 Å². The Morgan fingerprint density at radius 2 is 2.05 bits per heavy atom. The van der Waals surface area contributed by atoms with Gasteiger partial charge in [0.2, 0.25) is 0 Å². The molecule has 108 valence electrons. The Kier molecular flexibility index (Phi) is 5.32. The Morgan fingerprint density at radius 3 is 2.75 bits per heavy atom. The van der Waals surface area contributed by atoms with E-state index in [0.717, 1.165) is 35.3 Å². The SMILES string of the molecule is CCC(COC)NCc1ccc2cccc(OC)c2n1. The average molecular weight is 274 g/mol. The maximum Gasteiger partial charge on any atom is 0.145 e. The van der Waals surface area contributed by atoms with Gasteiger partial charge in [-0.1, -0.05) is 25.1 Å².